The van der Waals surface area contributed by atoms with Crippen molar-refractivity contribution in [3.05, 3.63) is 34.9 Å². The predicted molar refractivity (Wildman–Crippen MR) is 88.8 cm³/mol. The molecule has 1 saturated heterocycles. The fraction of sp³-hybridized carbons (Fsp3) is 0.647. The number of nitrogens with zero attached hydrogens (tertiary/aromatic N) is 1. The van der Waals surface area contributed by atoms with Crippen LogP contribution in [0.4, 0.5) is 0 Å². The monoisotopic (exact) mass is 310 g/mol. The number of rotatable bonds is 7. The second-order valence-corrected chi connectivity index (χ2v) is 7.01. The third-order valence-corrected chi connectivity index (χ3v) is 4.44. The molecule has 1 atom stereocenters. The third kappa shape index (κ3) is 4.96. The zero-order chi connectivity index (χ0) is 15.3. The highest BCUT2D eigenvalue weighted by Gasteiger charge is 2.35. The minimum Gasteiger partial charge on any atom is -0.381 e. The molecule has 0 amide bonds. The van der Waals surface area contributed by atoms with Gasteiger partial charge in [0.2, 0.25) is 0 Å². The highest BCUT2D eigenvalue weighted by atomic mass is 35.5. The second kappa shape index (κ2) is 7.59. The third-order valence-electron chi connectivity index (χ3n) is 4.07. The Hall–Kier alpha value is -0.610. The Labute approximate surface area is 133 Å². The van der Waals surface area contributed by atoms with E-state index in [4.69, 9.17) is 16.3 Å². The van der Waals surface area contributed by atoms with Crippen LogP contribution in [-0.2, 0) is 11.3 Å². The van der Waals surface area contributed by atoms with E-state index in [1.807, 2.05) is 18.2 Å². The summed E-state index contributed by atoms with van der Waals surface area (Å²) in [5.41, 5.74) is 1.41. The molecule has 1 aliphatic rings. The molecule has 1 unspecified atom stereocenters. The van der Waals surface area contributed by atoms with E-state index in [9.17, 15) is 0 Å². The van der Waals surface area contributed by atoms with E-state index in [2.05, 4.69) is 37.2 Å². The molecule has 0 bridgehead atoms. The van der Waals surface area contributed by atoms with Crippen LogP contribution in [0.15, 0.2) is 24.3 Å². The molecule has 4 heteroatoms. The smallest absolute Gasteiger partial charge is 0.0547 e. The van der Waals surface area contributed by atoms with Crippen LogP contribution in [0, 0.1) is 5.41 Å². The molecule has 1 heterocycles. The summed E-state index contributed by atoms with van der Waals surface area (Å²) >= 11 is 6.26. The van der Waals surface area contributed by atoms with E-state index in [1.54, 1.807) is 0 Å². The molecule has 3 nitrogen and oxygen atoms in total. The van der Waals surface area contributed by atoms with Crippen LogP contribution in [0.1, 0.15) is 25.8 Å². The number of benzene rings is 1. The van der Waals surface area contributed by atoms with Gasteiger partial charge < -0.3 is 15.0 Å². The first-order valence-corrected chi connectivity index (χ1v) is 8.12. The standard InChI is InChI=1S/C17H27ClN2O/c1-14(2)19-11-17(8-9-21-13-17)12-20(3)10-15-6-4-5-7-16(15)18/h4-7,14,19H,8-13H2,1-3H3. The molecule has 2 rings (SSSR count). The Kier molecular flexibility index (Phi) is 6.06. The minimum absolute atomic E-state index is 0.222. The van der Waals surface area contributed by atoms with Crippen LogP contribution in [0.5, 0.6) is 0 Å². The van der Waals surface area contributed by atoms with Gasteiger partial charge in [0.15, 0.2) is 0 Å². The fourth-order valence-corrected chi connectivity index (χ4v) is 3.13. The first kappa shape index (κ1) is 16.8. The van der Waals surface area contributed by atoms with E-state index < -0.39 is 0 Å². The summed E-state index contributed by atoms with van der Waals surface area (Å²) in [6, 6.07) is 8.59. The maximum absolute atomic E-state index is 6.26. The van der Waals surface area contributed by atoms with Crippen molar-refractivity contribution in [2.75, 3.05) is 33.4 Å². The molecule has 1 aromatic carbocycles. The first-order valence-electron chi connectivity index (χ1n) is 7.74. The molecule has 1 aliphatic heterocycles. The van der Waals surface area contributed by atoms with E-state index in [1.165, 1.54) is 5.56 Å². The molecule has 0 radical (unpaired) electrons. The molecular weight excluding hydrogens is 284 g/mol. The Bertz CT molecular complexity index is 444. The molecule has 118 valence electrons. The Morgan fingerprint density at radius 1 is 1.38 bits per heavy atom. The minimum atomic E-state index is 0.222. The van der Waals surface area contributed by atoms with Crippen LogP contribution >= 0.6 is 11.6 Å². The lowest BCUT2D eigenvalue weighted by Crippen LogP contribution is -2.45. The van der Waals surface area contributed by atoms with Crippen molar-refractivity contribution in [1.29, 1.82) is 0 Å². The average Bonchev–Trinajstić information content (AvgIpc) is 2.88. The second-order valence-electron chi connectivity index (χ2n) is 6.60. The molecule has 0 spiro atoms. The Morgan fingerprint density at radius 2 is 2.14 bits per heavy atom. The lowest BCUT2D eigenvalue weighted by atomic mass is 9.86. The van der Waals surface area contributed by atoms with Gasteiger partial charge in [-0.05, 0) is 25.1 Å². The summed E-state index contributed by atoms with van der Waals surface area (Å²) in [5.74, 6) is 0. The average molecular weight is 311 g/mol. The number of nitrogens with one attached hydrogen (secondary N) is 1. The molecular formula is C17H27ClN2O. The van der Waals surface area contributed by atoms with Gasteiger partial charge in [0.1, 0.15) is 0 Å². The highest BCUT2D eigenvalue weighted by molar-refractivity contribution is 6.31. The van der Waals surface area contributed by atoms with Gasteiger partial charge in [0.05, 0.1) is 6.61 Å². The SMILES string of the molecule is CC(C)NCC1(CN(C)Cc2ccccc2Cl)CCOC1. The van der Waals surface area contributed by atoms with Gasteiger partial charge in [0.25, 0.3) is 0 Å². The Morgan fingerprint density at radius 3 is 2.76 bits per heavy atom. The summed E-state index contributed by atoms with van der Waals surface area (Å²) < 4.78 is 5.67. The van der Waals surface area contributed by atoms with Gasteiger partial charge in [-0.15, -0.1) is 0 Å². The van der Waals surface area contributed by atoms with Gasteiger partial charge in [-0.1, -0.05) is 43.6 Å². The summed E-state index contributed by atoms with van der Waals surface area (Å²) in [7, 11) is 2.17. The molecule has 1 N–H and O–H groups in total. The van der Waals surface area contributed by atoms with E-state index in [0.717, 1.165) is 44.3 Å². The van der Waals surface area contributed by atoms with Gasteiger partial charge in [-0.2, -0.15) is 0 Å². The van der Waals surface area contributed by atoms with Crippen molar-refractivity contribution in [3.63, 3.8) is 0 Å². The summed E-state index contributed by atoms with van der Waals surface area (Å²) in [6.45, 7) is 9.02. The molecule has 1 aromatic rings. The van der Waals surface area contributed by atoms with Crippen LogP contribution < -0.4 is 5.32 Å². The van der Waals surface area contributed by atoms with Gasteiger partial charge in [-0.25, -0.2) is 0 Å². The van der Waals surface area contributed by atoms with Gasteiger partial charge in [-0.3, -0.25) is 0 Å². The van der Waals surface area contributed by atoms with Crippen LogP contribution in [0.25, 0.3) is 0 Å². The molecule has 1 fully saturated rings. The lowest BCUT2D eigenvalue weighted by molar-refractivity contribution is 0.115. The highest BCUT2D eigenvalue weighted by Crippen LogP contribution is 2.30. The van der Waals surface area contributed by atoms with Gasteiger partial charge in [0, 0.05) is 42.7 Å². The zero-order valence-corrected chi connectivity index (χ0v) is 14.1. The summed E-state index contributed by atoms with van der Waals surface area (Å²) in [4.78, 5) is 2.36. The number of hydrogen-bond donors (Lipinski definition) is 1. The van der Waals surface area contributed by atoms with E-state index in [0.29, 0.717) is 6.04 Å². The van der Waals surface area contributed by atoms with Crippen LogP contribution in [-0.4, -0.2) is 44.3 Å². The number of ether oxygens (including phenoxy) is 1. The van der Waals surface area contributed by atoms with Crippen LogP contribution in [0.2, 0.25) is 5.02 Å². The predicted octanol–water partition coefficient (Wildman–Crippen LogP) is 3.18. The summed E-state index contributed by atoms with van der Waals surface area (Å²) in [5, 5.41) is 4.42. The fourth-order valence-electron chi connectivity index (χ4n) is 2.94. The van der Waals surface area contributed by atoms with Crippen molar-refractivity contribution >= 4 is 11.6 Å². The molecule has 0 saturated carbocycles. The van der Waals surface area contributed by atoms with Crippen molar-refractivity contribution in [3.8, 4) is 0 Å². The maximum Gasteiger partial charge on any atom is 0.0547 e. The maximum atomic E-state index is 6.26. The first-order chi connectivity index (χ1) is 10.0. The normalized spacial score (nSPS) is 22.4. The zero-order valence-electron chi connectivity index (χ0n) is 13.4. The van der Waals surface area contributed by atoms with Crippen molar-refractivity contribution in [2.24, 2.45) is 5.41 Å². The number of halogens is 1. The largest absolute Gasteiger partial charge is 0.381 e. The topological polar surface area (TPSA) is 24.5 Å². The molecule has 21 heavy (non-hydrogen) atoms. The lowest BCUT2D eigenvalue weighted by Gasteiger charge is -2.33. The van der Waals surface area contributed by atoms with E-state index in [-0.39, 0.29) is 5.41 Å². The quantitative estimate of drug-likeness (QED) is 0.837. The molecule has 0 aromatic heterocycles. The summed E-state index contributed by atoms with van der Waals surface area (Å²) in [6.07, 6.45) is 1.12. The van der Waals surface area contributed by atoms with Crippen molar-refractivity contribution in [2.45, 2.75) is 32.9 Å². The van der Waals surface area contributed by atoms with Crippen LogP contribution in [0.3, 0.4) is 0 Å². The van der Waals surface area contributed by atoms with Crippen molar-refractivity contribution < 1.29 is 4.74 Å². The van der Waals surface area contributed by atoms with Crippen molar-refractivity contribution in [1.82, 2.24) is 10.2 Å². The van der Waals surface area contributed by atoms with E-state index >= 15 is 0 Å². The molecule has 0 aliphatic carbocycles. The number of hydrogen-bond acceptors (Lipinski definition) is 3. The Balaban J connectivity index is 1.95. The van der Waals surface area contributed by atoms with Gasteiger partial charge >= 0.3 is 0 Å².